The molecular formula is C14H18O. The van der Waals surface area contributed by atoms with E-state index in [1.807, 2.05) is 18.2 Å². The van der Waals surface area contributed by atoms with Crippen LogP contribution in [0.25, 0.3) is 6.08 Å². The van der Waals surface area contributed by atoms with Crippen molar-refractivity contribution in [2.24, 2.45) is 5.41 Å². The number of hydrogen-bond acceptors (Lipinski definition) is 1. The molecule has 0 amide bonds. The van der Waals surface area contributed by atoms with Crippen LogP contribution in [0, 0.1) is 5.41 Å². The first kappa shape index (κ1) is 10.4. The van der Waals surface area contributed by atoms with E-state index in [1.165, 1.54) is 11.1 Å². The lowest BCUT2D eigenvalue weighted by molar-refractivity contribution is 0.191. The van der Waals surface area contributed by atoms with E-state index in [2.05, 4.69) is 32.1 Å². The molecule has 15 heavy (non-hydrogen) atoms. The van der Waals surface area contributed by atoms with Gasteiger partial charge in [0.1, 0.15) is 0 Å². The zero-order valence-electron chi connectivity index (χ0n) is 9.40. The minimum atomic E-state index is -0.250. The summed E-state index contributed by atoms with van der Waals surface area (Å²) in [4.78, 5) is 0. The van der Waals surface area contributed by atoms with Crippen LogP contribution in [0.15, 0.2) is 35.9 Å². The summed E-state index contributed by atoms with van der Waals surface area (Å²) in [5.41, 5.74) is 2.61. The predicted octanol–water partition coefficient (Wildman–Crippen LogP) is 3.25. The van der Waals surface area contributed by atoms with Crippen molar-refractivity contribution in [3.05, 3.63) is 41.5 Å². The molecule has 0 spiro atoms. The summed E-state index contributed by atoms with van der Waals surface area (Å²) in [5.74, 6) is 0. The molecule has 80 valence electrons. The molecule has 1 aliphatic rings. The van der Waals surface area contributed by atoms with Gasteiger partial charge in [-0.2, -0.15) is 0 Å². The maximum Gasteiger partial charge on any atom is 0.0758 e. The third-order valence-electron chi connectivity index (χ3n) is 3.01. The highest BCUT2D eigenvalue weighted by Crippen LogP contribution is 2.41. The van der Waals surface area contributed by atoms with Crippen molar-refractivity contribution in [3.63, 3.8) is 0 Å². The van der Waals surface area contributed by atoms with E-state index in [4.69, 9.17) is 0 Å². The second-order valence-corrected chi connectivity index (χ2v) is 5.19. The fraction of sp³-hybridized carbons (Fsp3) is 0.429. The molecule has 1 aromatic carbocycles. The van der Waals surface area contributed by atoms with Crippen LogP contribution in [-0.4, -0.2) is 11.2 Å². The Labute approximate surface area is 91.4 Å². The summed E-state index contributed by atoms with van der Waals surface area (Å²) in [6.45, 7) is 4.42. The van der Waals surface area contributed by atoms with Crippen molar-refractivity contribution in [2.75, 3.05) is 0 Å². The molecule has 0 aromatic heterocycles. The summed E-state index contributed by atoms with van der Waals surface area (Å²) in [5, 5.41) is 9.92. The van der Waals surface area contributed by atoms with Gasteiger partial charge in [-0.05, 0) is 29.4 Å². The molecule has 1 fully saturated rings. The smallest absolute Gasteiger partial charge is 0.0758 e. The molecule has 1 atom stereocenters. The Morgan fingerprint density at radius 3 is 2.47 bits per heavy atom. The molecule has 1 N–H and O–H groups in total. The monoisotopic (exact) mass is 202 g/mol. The molecule has 0 saturated heterocycles. The molecule has 1 saturated carbocycles. The number of rotatable bonds is 1. The van der Waals surface area contributed by atoms with E-state index in [9.17, 15) is 5.11 Å². The first-order chi connectivity index (χ1) is 7.07. The third kappa shape index (κ3) is 2.48. The number of hydrogen-bond donors (Lipinski definition) is 1. The van der Waals surface area contributed by atoms with Crippen LogP contribution in [0.5, 0.6) is 0 Å². The molecule has 1 aromatic rings. The normalized spacial score (nSPS) is 27.1. The van der Waals surface area contributed by atoms with E-state index < -0.39 is 0 Å². The van der Waals surface area contributed by atoms with Gasteiger partial charge in [0, 0.05) is 0 Å². The lowest BCUT2D eigenvalue weighted by Crippen LogP contribution is -2.07. The molecule has 0 aliphatic heterocycles. The van der Waals surface area contributed by atoms with Crippen molar-refractivity contribution >= 4 is 6.08 Å². The standard InChI is InChI=1S/C14H18O/c1-14(2)9-12(13(15)10-14)8-11-6-4-3-5-7-11/h3-8,13,15H,9-10H2,1-2H3/b12-8+. The second-order valence-electron chi connectivity index (χ2n) is 5.19. The minimum Gasteiger partial charge on any atom is -0.389 e. The van der Waals surface area contributed by atoms with Gasteiger partial charge in [0.25, 0.3) is 0 Å². The van der Waals surface area contributed by atoms with Crippen LogP contribution in [0.1, 0.15) is 32.3 Å². The Hall–Kier alpha value is -1.08. The SMILES string of the molecule is CC1(C)C/C(=C\c2ccccc2)C(O)C1. The highest BCUT2D eigenvalue weighted by atomic mass is 16.3. The Bertz CT molecular complexity index is 362. The average molecular weight is 202 g/mol. The van der Waals surface area contributed by atoms with Gasteiger partial charge in [-0.3, -0.25) is 0 Å². The summed E-state index contributed by atoms with van der Waals surface area (Å²) in [7, 11) is 0. The van der Waals surface area contributed by atoms with Crippen molar-refractivity contribution in [2.45, 2.75) is 32.8 Å². The van der Waals surface area contributed by atoms with Crippen LogP contribution in [0.2, 0.25) is 0 Å². The highest BCUT2D eigenvalue weighted by molar-refractivity contribution is 5.54. The highest BCUT2D eigenvalue weighted by Gasteiger charge is 2.33. The Morgan fingerprint density at radius 2 is 1.93 bits per heavy atom. The van der Waals surface area contributed by atoms with Crippen molar-refractivity contribution < 1.29 is 5.11 Å². The molecule has 1 aliphatic carbocycles. The zero-order valence-corrected chi connectivity index (χ0v) is 9.40. The zero-order chi connectivity index (χ0) is 10.9. The van der Waals surface area contributed by atoms with E-state index in [0.717, 1.165) is 12.8 Å². The van der Waals surface area contributed by atoms with Crippen LogP contribution in [-0.2, 0) is 0 Å². The van der Waals surface area contributed by atoms with Gasteiger partial charge in [0.2, 0.25) is 0 Å². The number of aliphatic hydroxyl groups excluding tert-OH is 1. The predicted molar refractivity (Wildman–Crippen MR) is 63.4 cm³/mol. The van der Waals surface area contributed by atoms with Crippen molar-refractivity contribution in [3.8, 4) is 0 Å². The van der Waals surface area contributed by atoms with Gasteiger partial charge < -0.3 is 5.11 Å². The van der Waals surface area contributed by atoms with Crippen molar-refractivity contribution in [1.29, 1.82) is 0 Å². The second kappa shape index (κ2) is 3.82. The fourth-order valence-electron chi connectivity index (χ4n) is 2.31. The molecule has 0 radical (unpaired) electrons. The molecular weight excluding hydrogens is 184 g/mol. The lowest BCUT2D eigenvalue weighted by atomic mass is 9.91. The Balaban J connectivity index is 2.22. The van der Waals surface area contributed by atoms with Gasteiger partial charge in [0.05, 0.1) is 6.10 Å². The maximum atomic E-state index is 9.92. The summed E-state index contributed by atoms with van der Waals surface area (Å²) >= 11 is 0. The minimum absolute atomic E-state index is 0.250. The first-order valence-corrected chi connectivity index (χ1v) is 5.50. The van der Waals surface area contributed by atoms with Crippen LogP contribution in [0.3, 0.4) is 0 Å². The molecule has 2 rings (SSSR count). The fourth-order valence-corrected chi connectivity index (χ4v) is 2.31. The van der Waals surface area contributed by atoms with Crippen LogP contribution >= 0.6 is 0 Å². The van der Waals surface area contributed by atoms with Gasteiger partial charge in [-0.15, -0.1) is 0 Å². The Kier molecular flexibility index (Phi) is 2.66. The molecule has 0 bridgehead atoms. The molecule has 1 unspecified atom stereocenters. The molecule has 1 heteroatoms. The molecule has 0 heterocycles. The number of benzene rings is 1. The van der Waals surface area contributed by atoms with E-state index in [0.29, 0.717) is 0 Å². The molecule has 1 nitrogen and oxygen atoms in total. The topological polar surface area (TPSA) is 20.2 Å². The maximum absolute atomic E-state index is 9.92. The number of aliphatic hydroxyl groups is 1. The van der Waals surface area contributed by atoms with Gasteiger partial charge in [0.15, 0.2) is 0 Å². The first-order valence-electron chi connectivity index (χ1n) is 5.50. The van der Waals surface area contributed by atoms with Crippen LogP contribution in [0.4, 0.5) is 0 Å². The Morgan fingerprint density at radius 1 is 1.27 bits per heavy atom. The van der Waals surface area contributed by atoms with Gasteiger partial charge in [-0.25, -0.2) is 0 Å². The average Bonchev–Trinajstić information content (AvgIpc) is 2.41. The van der Waals surface area contributed by atoms with E-state index >= 15 is 0 Å². The van der Waals surface area contributed by atoms with Gasteiger partial charge >= 0.3 is 0 Å². The summed E-state index contributed by atoms with van der Waals surface area (Å²) in [6, 6.07) is 10.2. The van der Waals surface area contributed by atoms with E-state index in [-0.39, 0.29) is 11.5 Å². The van der Waals surface area contributed by atoms with Crippen molar-refractivity contribution in [1.82, 2.24) is 0 Å². The third-order valence-corrected chi connectivity index (χ3v) is 3.01. The van der Waals surface area contributed by atoms with Gasteiger partial charge in [-0.1, -0.05) is 50.3 Å². The largest absolute Gasteiger partial charge is 0.389 e. The summed E-state index contributed by atoms with van der Waals surface area (Å²) in [6.07, 6.45) is 3.76. The lowest BCUT2D eigenvalue weighted by Gasteiger charge is -2.14. The van der Waals surface area contributed by atoms with Crippen LogP contribution < -0.4 is 0 Å². The van der Waals surface area contributed by atoms with E-state index in [1.54, 1.807) is 0 Å². The quantitative estimate of drug-likeness (QED) is 0.741. The summed E-state index contributed by atoms with van der Waals surface area (Å²) < 4.78 is 0.